The first-order valence-corrected chi connectivity index (χ1v) is 10.5. The summed E-state index contributed by atoms with van der Waals surface area (Å²) in [4.78, 5) is 16.6. The van der Waals surface area contributed by atoms with Crippen LogP contribution in [0.4, 0.5) is 5.13 Å². The summed E-state index contributed by atoms with van der Waals surface area (Å²) in [6.07, 6.45) is 1.83. The minimum atomic E-state index is -0.218. The van der Waals surface area contributed by atoms with Crippen LogP contribution < -0.4 is 5.32 Å². The number of para-hydroxylation sites is 1. The molecule has 9 nitrogen and oxygen atoms in total. The average molecular weight is 416 g/mol. The molecular weight excluding hydrogens is 398 g/mol. The lowest BCUT2D eigenvalue weighted by atomic mass is 10.2. The number of thioether (sulfide) groups is 1. The van der Waals surface area contributed by atoms with E-state index in [0.29, 0.717) is 21.5 Å². The second kappa shape index (κ2) is 8.17. The molecule has 0 spiro atoms. The first kappa shape index (κ1) is 18.7. The van der Waals surface area contributed by atoms with Gasteiger partial charge in [-0.15, -0.1) is 20.4 Å². The van der Waals surface area contributed by atoms with Crippen molar-refractivity contribution in [1.29, 1.82) is 0 Å². The van der Waals surface area contributed by atoms with Crippen LogP contribution in [0.3, 0.4) is 0 Å². The number of aliphatic hydroxyl groups excluding tert-OH is 1. The summed E-state index contributed by atoms with van der Waals surface area (Å²) in [5.41, 5.74) is 1.99. The van der Waals surface area contributed by atoms with E-state index in [-0.39, 0.29) is 18.4 Å². The molecule has 0 radical (unpaired) electrons. The zero-order valence-corrected chi connectivity index (χ0v) is 16.6. The van der Waals surface area contributed by atoms with Gasteiger partial charge in [0.15, 0.2) is 5.65 Å². The van der Waals surface area contributed by atoms with Gasteiger partial charge in [0.2, 0.25) is 16.2 Å². The summed E-state index contributed by atoms with van der Waals surface area (Å²) < 4.78 is 1.67. The number of hydrogen-bond acceptors (Lipinski definition) is 9. The molecule has 3 heterocycles. The first-order chi connectivity index (χ1) is 13.7. The summed E-state index contributed by atoms with van der Waals surface area (Å²) in [7, 11) is 0. The zero-order valence-electron chi connectivity index (χ0n) is 15.0. The Morgan fingerprint density at radius 1 is 1.25 bits per heavy atom. The monoisotopic (exact) mass is 415 g/mol. The summed E-state index contributed by atoms with van der Waals surface area (Å²) in [6, 6.07) is 7.59. The normalized spacial score (nSPS) is 11.4. The highest BCUT2D eigenvalue weighted by Crippen LogP contribution is 2.26. The van der Waals surface area contributed by atoms with Crippen LogP contribution in [0.25, 0.3) is 22.1 Å². The third kappa shape index (κ3) is 3.68. The Bertz CT molecular complexity index is 1140. The molecule has 3 aromatic heterocycles. The number of hydrogen-bond donors (Lipinski definition) is 2. The smallest absolute Gasteiger partial charge is 0.236 e. The Balaban J connectivity index is 1.48. The predicted octanol–water partition coefficient (Wildman–Crippen LogP) is 2.46. The average Bonchev–Trinajstić information content (AvgIpc) is 3.28. The summed E-state index contributed by atoms with van der Waals surface area (Å²) in [5, 5.41) is 31.5. The van der Waals surface area contributed by atoms with Gasteiger partial charge in [-0.05, 0) is 12.5 Å². The molecule has 0 saturated carbocycles. The highest BCUT2D eigenvalue weighted by atomic mass is 32.2. The number of nitrogens with one attached hydrogen (secondary N) is 1. The first-order valence-electron chi connectivity index (χ1n) is 8.67. The molecule has 144 valence electrons. The van der Waals surface area contributed by atoms with E-state index in [1.165, 1.54) is 23.1 Å². The molecule has 4 aromatic rings. The molecule has 1 amide bonds. The SMILES string of the molecule is CCCc1nnc(NC(=O)CSc2nnc3c4ccccc4n(CO)c3n2)s1. The maximum absolute atomic E-state index is 12.2. The molecule has 11 heteroatoms. The number of amides is 1. The van der Waals surface area contributed by atoms with Gasteiger partial charge < -0.3 is 9.67 Å². The summed E-state index contributed by atoms with van der Waals surface area (Å²) >= 11 is 2.55. The van der Waals surface area contributed by atoms with Crippen molar-refractivity contribution < 1.29 is 9.90 Å². The largest absolute Gasteiger partial charge is 0.376 e. The highest BCUT2D eigenvalue weighted by molar-refractivity contribution is 7.99. The van der Waals surface area contributed by atoms with Crippen molar-refractivity contribution in [1.82, 2.24) is 29.9 Å². The second-order valence-electron chi connectivity index (χ2n) is 5.94. The predicted molar refractivity (Wildman–Crippen MR) is 108 cm³/mol. The number of nitrogens with zero attached hydrogens (tertiary/aromatic N) is 6. The molecular formula is C17H17N7O2S2. The molecule has 0 aliphatic rings. The van der Waals surface area contributed by atoms with E-state index in [9.17, 15) is 9.90 Å². The molecule has 0 atom stereocenters. The van der Waals surface area contributed by atoms with Crippen LogP contribution in [0.5, 0.6) is 0 Å². The summed E-state index contributed by atoms with van der Waals surface area (Å²) in [5.74, 6) is -0.0921. The quantitative estimate of drug-likeness (QED) is 0.442. The fraction of sp³-hybridized carbons (Fsp3) is 0.294. The Hall–Kier alpha value is -2.63. The lowest BCUT2D eigenvalue weighted by molar-refractivity contribution is -0.113. The molecule has 4 rings (SSSR count). The Morgan fingerprint density at radius 2 is 2.11 bits per heavy atom. The van der Waals surface area contributed by atoms with Gasteiger partial charge in [-0.1, -0.05) is 48.2 Å². The van der Waals surface area contributed by atoms with Crippen molar-refractivity contribution in [2.24, 2.45) is 0 Å². The fourth-order valence-electron chi connectivity index (χ4n) is 2.80. The number of rotatable bonds is 7. The van der Waals surface area contributed by atoms with Gasteiger partial charge in [0.05, 0.1) is 11.3 Å². The van der Waals surface area contributed by atoms with Crippen LogP contribution >= 0.6 is 23.1 Å². The highest BCUT2D eigenvalue weighted by Gasteiger charge is 2.15. The van der Waals surface area contributed by atoms with Crippen molar-refractivity contribution in [2.45, 2.75) is 31.7 Å². The molecule has 28 heavy (non-hydrogen) atoms. The van der Waals surface area contributed by atoms with Gasteiger partial charge in [0.25, 0.3) is 0 Å². The van der Waals surface area contributed by atoms with Crippen LogP contribution in [0.15, 0.2) is 29.4 Å². The van der Waals surface area contributed by atoms with Crippen molar-refractivity contribution in [3.05, 3.63) is 29.3 Å². The van der Waals surface area contributed by atoms with Crippen molar-refractivity contribution in [2.75, 3.05) is 11.1 Å². The minimum Gasteiger partial charge on any atom is -0.376 e. The number of carbonyl (C=O) groups excluding carboxylic acids is 1. The molecule has 0 bridgehead atoms. The van der Waals surface area contributed by atoms with Gasteiger partial charge in [-0.2, -0.15) is 0 Å². The molecule has 0 fully saturated rings. The van der Waals surface area contributed by atoms with Gasteiger partial charge >= 0.3 is 0 Å². The van der Waals surface area contributed by atoms with Crippen LogP contribution in [-0.4, -0.2) is 46.7 Å². The van der Waals surface area contributed by atoms with Crippen molar-refractivity contribution in [3.8, 4) is 0 Å². The molecule has 2 N–H and O–H groups in total. The topological polar surface area (TPSA) is 119 Å². The molecule has 0 aliphatic carbocycles. The lowest BCUT2D eigenvalue weighted by Crippen LogP contribution is -2.14. The van der Waals surface area contributed by atoms with Gasteiger partial charge in [0, 0.05) is 11.8 Å². The van der Waals surface area contributed by atoms with Crippen LogP contribution in [0.1, 0.15) is 18.4 Å². The maximum Gasteiger partial charge on any atom is 0.236 e. The summed E-state index contributed by atoms with van der Waals surface area (Å²) in [6.45, 7) is 1.85. The van der Waals surface area contributed by atoms with Crippen molar-refractivity contribution in [3.63, 3.8) is 0 Å². The Labute approximate surface area is 168 Å². The van der Waals surface area contributed by atoms with Gasteiger partial charge in [-0.25, -0.2) is 4.98 Å². The van der Waals surface area contributed by atoms with Gasteiger partial charge in [-0.3, -0.25) is 10.1 Å². The van der Waals surface area contributed by atoms with Crippen molar-refractivity contribution >= 4 is 56.2 Å². The Kier molecular flexibility index (Phi) is 5.46. The van der Waals surface area contributed by atoms with E-state index in [2.05, 4.69) is 37.6 Å². The van der Waals surface area contributed by atoms with E-state index in [1.807, 2.05) is 24.3 Å². The fourth-order valence-corrected chi connectivity index (χ4v) is 4.24. The standard InChI is InChI=1S/C17H17N7O2S2/c1-2-5-13-20-23-17(28-13)18-12(26)8-27-16-19-15-14(21-22-16)10-6-3-4-7-11(10)24(15)9-25/h3-4,6-7,25H,2,5,8-9H2,1H3,(H,18,23,26). The molecule has 0 saturated heterocycles. The van der Waals surface area contributed by atoms with E-state index < -0.39 is 0 Å². The number of aliphatic hydroxyl groups is 1. The number of aromatic nitrogens is 6. The second-order valence-corrected chi connectivity index (χ2v) is 7.95. The third-order valence-corrected chi connectivity index (χ3v) is 5.74. The van der Waals surface area contributed by atoms with Crippen LogP contribution in [0, 0.1) is 0 Å². The van der Waals surface area contributed by atoms with E-state index in [4.69, 9.17) is 0 Å². The number of aryl methyl sites for hydroxylation is 1. The van der Waals surface area contributed by atoms with Gasteiger partial charge in [0.1, 0.15) is 17.3 Å². The third-order valence-electron chi connectivity index (χ3n) is 4.01. The number of fused-ring (bicyclic) bond motifs is 3. The zero-order chi connectivity index (χ0) is 19.5. The lowest BCUT2D eigenvalue weighted by Gasteiger charge is -2.02. The molecule has 0 aliphatic heterocycles. The van der Waals surface area contributed by atoms with Crippen LogP contribution in [-0.2, 0) is 17.9 Å². The minimum absolute atomic E-state index is 0.120. The van der Waals surface area contributed by atoms with E-state index in [0.717, 1.165) is 28.8 Å². The van der Waals surface area contributed by atoms with Crippen LogP contribution in [0.2, 0.25) is 0 Å². The Morgan fingerprint density at radius 3 is 2.93 bits per heavy atom. The molecule has 1 aromatic carbocycles. The van der Waals surface area contributed by atoms with E-state index in [1.54, 1.807) is 4.57 Å². The molecule has 0 unspecified atom stereocenters. The maximum atomic E-state index is 12.2. The number of anilines is 1. The number of carbonyl (C=O) groups is 1. The van der Waals surface area contributed by atoms with E-state index >= 15 is 0 Å². The number of benzene rings is 1.